The van der Waals surface area contributed by atoms with E-state index in [0.29, 0.717) is 29.7 Å². The second-order valence-corrected chi connectivity index (χ2v) is 8.65. The van der Waals surface area contributed by atoms with Gasteiger partial charge in [-0.25, -0.2) is 0 Å². The van der Waals surface area contributed by atoms with Crippen LogP contribution in [0.3, 0.4) is 0 Å². The van der Waals surface area contributed by atoms with Crippen LogP contribution in [-0.2, 0) is 5.41 Å². The molecule has 1 aliphatic heterocycles. The van der Waals surface area contributed by atoms with Gasteiger partial charge in [0.25, 0.3) is 5.91 Å². The first kappa shape index (κ1) is 17.6. The molecule has 2 unspecified atom stereocenters. The van der Waals surface area contributed by atoms with E-state index in [1.165, 1.54) is 0 Å². The van der Waals surface area contributed by atoms with Crippen molar-refractivity contribution in [3.05, 3.63) is 71.4 Å². The first-order valence-corrected chi connectivity index (χ1v) is 10.2. The summed E-state index contributed by atoms with van der Waals surface area (Å²) < 4.78 is 6.23. The van der Waals surface area contributed by atoms with E-state index >= 15 is 0 Å². The maximum atomic E-state index is 13.2. The lowest BCUT2D eigenvalue weighted by Gasteiger charge is -2.35. The highest BCUT2D eigenvalue weighted by molar-refractivity contribution is 6.06. The number of hydrogen-bond acceptors (Lipinski definition) is 4. The minimum atomic E-state index is -1.07. The Balaban J connectivity index is 1.40. The summed E-state index contributed by atoms with van der Waals surface area (Å²) in [5.74, 6) is 0.257. The van der Waals surface area contributed by atoms with Crippen molar-refractivity contribution < 1.29 is 19.7 Å². The lowest BCUT2D eigenvalue weighted by Crippen LogP contribution is -2.55. The summed E-state index contributed by atoms with van der Waals surface area (Å²) in [6, 6.07) is 10.6. The van der Waals surface area contributed by atoms with Gasteiger partial charge in [0.15, 0.2) is 11.5 Å². The molecular formula is C24H22N2O4. The Hall–Kier alpha value is -3.25. The Morgan fingerprint density at radius 2 is 2.13 bits per heavy atom. The molecular weight excluding hydrogens is 380 g/mol. The van der Waals surface area contributed by atoms with E-state index in [2.05, 4.69) is 16.9 Å². The van der Waals surface area contributed by atoms with Gasteiger partial charge in [0, 0.05) is 28.2 Å². The molecule has 6 heteroatoms. The highest BCUT2D eigenvalue weighted by Crippen LogP contribution is 2.74. The lowest BCUT2D eigenvalue weighted by molar-refractivity contribution is 0.0226. The molecule has 6 nitrogen and oxygen atoms in total. The number of carbonyl (C=O) groups is 1. The molecule has 4 atom stereocenters. The molecule has 2 saturated carbocycles. The Labute approximate surface area is 173 Å². The molecule has 1 spiro atoms. The number of hydrogen-bond donors (Lipinski definition) is 4. The fourth-order valence-corrected chi connectivity index (χ4v) is 5.86. The Bertz CT molecular complexity index is 1260. The Morgan fingerprint density at radius 1 is 1.30 bits per heavy atom. The van der Waals surface area contributed by atoms with E-state index in [1.807, 2.05) is 37.4 Å². The van der Waals surface area contributed by atoms with Crippen molar-refractivity contribution in [3.8, 4) is 11.5 Å². The second kappa shape index (κ2) is 5.46. The number of phenols is 1. The van der Waals surface area contributed by atoms with E-state index in [9.17, 15) is 15.0 Å². The van der Waals surface area contributed by atoms with Crippen LogP contribution < -0.4 is 10.1 Å². The van der Waals surface area contributed by atoms with E-state index in [1.54, 1.807) is 12.1 Å². The minimum Gasteiger partial charge on any atom is -0.504 e. The maximum absolute atomic E-state index is 13.2. The van der Waals surface area contributed by atoms with Crippen LogP contribution in [0.1, 0.15) is 34.3 Å². The number of rotatable bonds is 2. The number of aryl methyl sites for hydroxylation is 1. The molecule has 0 bridgehead atoms. The lowest BCUT2D eigenvalue weighted by atomic mass is 9.76. The zero-order valence-electron chi connectivity index (χ0n) is 16.5. The number of phenolic OH excluding ortho intramolecular Hbond substituents is 1. The number of carbonyl (C=O) groups excluding carboxylic acids is 1. The molecule has 30 heavy (non-hydrogen) atoms. The molecule has 0 saturated heterocycles. The van der Waals surface area contributed by atoms with E-state index in [0.717, 1.165) is 22.0 Å². The van der Waals surface area contributed by atoms with E-state index in [-0.39, 0.29) is 17.7 Å². The number of ether oxygens (including phenoxy) is 1. The number of amides is 1. The summed E-state index contributed by atoms with van der Waals surface area (Å²) >= 11 is 0. The summed E-state index contributed by atoms with van der Waals surface area (Å²) in [4.78, 5) is 16.3. The molecule has 152 valence electrons. The standard InChI is InChI=1S/C24H22N2O4/c1-12-6-7-18(27)20-19(12)24-13(2)23(24,29)10-8-17(21(24)30-20)26-22(28)15-4-3-5-16-14(15)9-11-25-16/h3-7,9,11,17,21,25,27,29H,2,8,10H2,1H3,(H,26,28)/t17-,21-,23?,24?/m0/s1. The fourth-order valence-electron chi connectivity index (χ4n) is 5.86. The second-order valence-electron chi connectivity index (χ2n) is 8.65. The van der Waals surface area contributed by atoms with Crippen molar-refractivity contribution in [2.24, 2.45) is 0 Å². The van der Waals surface area contributed by atoms with Crippen molar-refractivity contribution in [1.29, 1.82) is 0 Å². The van der Waals surface area contributed by atoms with Gasteiger partial charge in [0.2, 0.25) is 0 Å². The number of nitrogens with one attached hydrogen (secondary N) is 2. The number of fused-ring (bicyclic) bond motifs is 2. The molecule has 3 aromatic rings. The fraction of sp³-hybridized carbons (Fsp3) is 0.292. The summed E-state index contributed by atoms with van der Waals surface area (Å²) in [7, 11) is 0. The van der Waals surface area contributed by atoms with Crippen LogP contribution in [0.2, 0.25) is 0 Å². The van der Waals surface area contributed by atoms with Gasteiger partial charge in [0.05, 0.1) is 11.5 Å². The van der Waals surface area contributed by atoms with Crippen molar-refractivity contribution in [1.82, 2.24) is 10.3 Å². The van der Waals surface area contributed by atoms with Gasteiger partial charge in [-0.2, -0.15) is 0 Å². The Morgan fingerprint density at radius 3 is 2.97 bits per heavy atom. The highest BCUT2D eigenvalue weighted by atomic mass is 16.5. The number of aromatic hydroxyl groups is 1. The molecule has 2 heterocycles. The molecule has 3 aliphatic rings. The van der Waals surface area contributed by atoms with Gasteiger partial charge in [-0.3, -0.25) is 4.79 Å². The molecule has 6 rings (SSSR count). The van der Waals surface area contributed by atoms with Crippen LogP contribution in [0.4, 0.5) is 0 Å². The average molecular weight is 402 g/mol. The first-order chi connectivity index (χ1) is 14.4. The van der Waals surface area contributed by atoms with Gasteiger partial charge in [-0.1, -0.05) is 18.7 Å². The van der Waals surface area contributed by atoms with Crippen LogP contribution in [0.25, 0.3) is 10.9 Å². The SMILES string of the molecule is C=C1C2(O)CC[C@H](NC(=O)c3cccc4[nH]ccc34)[C@@H]3Oc4c(O)ccc(C)c4C132. The summed E-state index contributed by atoms with van der Waals surface area (Å²) in [5, 5.41) is 25.8. The van der Waals surface area contributed by atoms with Gasteiger partial charge >= 0.3 is 0 Å². The number of aromatic nitrogens is 1. The molecule has 2 aliphatic carbocycles. The van der Waals surface area contributed by atoms with E-state index < -0.39 is 17.1 Å². The quantitative estimate of drug-likeness (QED) is 0.496. The zero-order chi connectivity index (χ0) is 20.8. The van der Waals surface area contributed by atoms with Crippen LogP contribution in [0.15, 0.2) is 54.7 Å². The number of aliphatic hydroxyl groups is 1. The minimum absolute atomic E-state index is 0.0450. The van der Waals surface area contributed by atoms with Crippen molar-refractivity contribution >= 4 is 16.8 Å². The smallest absolute Gasteiger partial charge is 0.252 e. The van der Waals surface area contributed by atoms with Gasteiger partial charge in [-0.05, 0) is 55.2 Å². The number of aromatic amines is 1. The average Bonchev–Trinajstić information content (AvgIpc) is 3.14. The molecule has 2 fully saturated rings. The zero-order valence-corrected chi connectivity index (χ0v) is 16.5. The summed E-state index contributed by atoms with van der Waals surface area (Å²) in [6.45, 7) is 6.11. The normalized spacial score (nSPS) is 30.9. The van der Waals surface area contributed by atoms with Crippen LogP contribution in [-0.4, -0.2) is 38.9 Å². The van der Waals surface area contributed by atoms with Gasteiger partial charge in [0.1, 0.15) is 11.7 Å². The largest absolute Gasteiger partial charge is 0.504 e. The van der Waals surface area contributed by atoms with Crippen molar-refractivity contribution in [2.75, 3.05) is 0 Å². The van der Waals surface area contributed by atoms with Gasteiger partial charge in [-0.15, -0.1) is 0 Å². The van der Waals surface area contributed by atoms with Crippen LogP contribution >= 0.6 is 0 Å². The topological polar surface area (TPSA) is 94.6 Å². The molecule has 0 radical (unpaired) electrons. The molecule has 1 aromatic heterocycles. The highest BCUT2D eigenvalue weighted by Gasteiger charge is 2.82. The van der Waals surface area contributed by atoms with Crippen molar-refractivity contribution in [2.45, 2.75) is 42.9 Å². The van der Waals surface area contributed by atoms with Crippen LogP contribution in [0, 0.1) is 6.92 Å². The number of benzene rings is 2. The third kappa shape index (κ3) is 1.86. The number of H-pyrrole nitrogens is 1. The van der Waals surface area contributed by atoms with E-state index in [4.69, 9.17) is 4.74 Å². The third-order valence-electron chi connectivity index (χ3n) is 7.31. The first-order valence-electron chi connectivity index (χ1n) is 10.2. The molecule has 2 aromatic carbocycles. The predicted octanol–water partition coefficient (Wildman–Crippen LogP) is 3.07. The van der Waals surface area contributed by atoms with Crippen LogP contribution in [0.5, 0.6) is 11.5 Å². The Kier molecular flexibility index (Phi) is 3.20. The molecule has 4 N–H and O–H groups in total. The summed E-state index contributed by atoms with van der Waals surface area (Å²) in [5.41, 5.74) is 2.07. The maximum Gasteiger partial charge on any atom is 0.252 e. The predicted molar refractivity (Wildman–Crippen MR) is 112 cm³/mol. The molecule has 1 amide bonds. The monoisotopic (exact) mass is 402 g/mol. The van der Waals surface area contributed by atoms with Crippen molar-refractivity contribution in [3.63, 3.8) is 0 Å². The van der Waals surface area contributed by atoms with Gasteiger partial charge < -0.3 is 25.3 Å². The third-order valence-corrected chi connectivity index (χ3v) is 7.31. The summed E-state index contributed by atoms with van der Waals surface area (Å²) in [6.07, 6.45) is 2.35.